The number of carbonyl (C=O) groups excluding carboxylic acids is 1. The number of hydrogen-bond donors (Lipinski definition) is 3. The van der Waals surface area contributed by atoms with Crippen LogP contribution in [0.4, 0.5) is 10.6 Å². The second kappa shape index (κ2) is 4.75. The summed E-state index contributed by atoms with van der Waals surface area (Å²) >= 11 is 0. The molecule has 0 radical (unpaired) electrons. The number of aryl methyl sites for hydroxylation is 1. The number of anilines is 1. The van der Waals surface area contributed by atoms with Crippen LogP contribution in [-0.2, 0) is 20.0 Å². The molecule has 1 aliphatic rings. The highest BCUT2D eigenvalue weighted by Crippen LogP contribution is 2.21. The third-order valence-corrected chi connectivity index (χ3v) is 2.72. The van der Waals surface area contributed by atoms with Gasteiger partial charge in [-0.2, -0.15) is 5.10 Å². The fourth-order valence-corrected chi connectivity index (χ4v) is 1.99. The molecule has 0 fully saturated rings. The molecule has 2 amide bonds. The van der Waals surface area contributed by atoms with Crippen molar-refractivity contribution in [2.45, 2.75) is 32.9 Å². The van der Waals surface area contributed by atoms with Gasteiger partial charge in [0.1, 0.15) is 5.82 Å². The first-order valence-electron chi connectivity index (χ1n) is 5.91. The number of urea groups is 1. The van der Waals surface area contributed by atoms with E-state index in [-0.39, 0.29) is 12.1 Å². The number of nitrogens with one attached hydrogen (secondary N) is 3. The fourth-order valence-electron chi connectivity index (χ4n) is 1.99. The fraction of sp³-hybridized carbons (Fsp3) is 0.636. The van der Waals surface area contributed by atoms with Gasteiger partial charge in [-0.25, -0.2) is 4.79 Å². The van der Waals surface area contributed by atoms with Crippen LogP contribution >= 0.6 is 0 Å². The summed E-state index contributed by atoms with van der Waals surface area (Å²) in [5.41, 5.74) is 2.17. The van der Waals surface area contributed by atoms with Gasteiger partial charge in [-0.05, 0) is 13.8 Å². The van der Waals surface area contributed by atoms with Crippen molar-refractivity contribution < 1.29 is 4.79 Å². The van der Waals surface area contributed by atoms with E-state index in [0.29, 0.717) is 0 Å². The van der Waals surface area contributed by atoms with Gasteiger partial charge in [0.05, 0.1) is 5.69 Å². The second-order valence-corrected chi connectivity index (χ2v) is 4.58. The van der Waals surface area contributed by atoms with Gasteiger partial charge in [-0.3, -0.25) is 10.00 Å². The Balaban J connectivity index is 2.15. The summed E-state index contributed by atoms with van der Waals surface area (Å²) in [7, 11) is 1.85. The van der Waals surface area contributed by atoms with Crippen LogP contribution in [0.15, 0.2) is 0 Å². The molecule has 6 nitrogen and oxygen atoms in total. The Bertz CT molecular complexity index is 424. The molecule has 17 heavy (non-hydrogen) atoms. The first-order chi connectivity index (χ1) is 8.08. The van der Waals surface area contributed by atoms with Gasteiger partial charge in [-0.15, -0.1) is 0 Å². The molecular weight excluding hydrogens is 218 g/mol. The summed E-state index contributed by atoms with van der Waals surface area (Å²) in [4.78, 5) is 11.7. The highest BCUT2D eigenvalue weighted by atomic mass is 16.2. The van der Waals surface area contributed by atoms with Crippen LogP contribution in [0, 0.1) is 0 Å². The van der Waals surface area contributed by atoms with E-state index < -0.39 is 0 Å². The third kappa shape index (κ3) is 2.58. The lowest BCUT2D eigenvalue weighted by atomic mass is 10.1. The van der Waals surface area contributed by atoms with Crippen LogP contribution in [0.2, 0.25) is 0 Å². The summed E-state index contributed by atoms with van der Waals surface area (Å²) in [6.45, 7) is 5.57. The summed E-state index contributed by atoms with van der Waals surface area (Å²) in [6, 6.07) is -0.0615. The molecule has 0 saturated carbocycles. The van der Waals surface area contributed by atoms with E-state index in [2.05, 4.69) is 21.0 Å². The molecule has 2 heterocycles. The van der Waals surface area contributed by atoms with Gasteiger partial charge in [0, 0.05) is 38.2 Å². The molecule has 3 N–H and O–H groups in total. The van der Waals surface area contributed by atoms with Crippen molar-refractivity contribution in [1.82, 2.24) is 20.4 Å². The van der Waals surface area contributed by atoms with Crippen LogP contribution in [0.25, 0.3) is 0 Å². The summed E-state index contributed by atoms with van der Waals surface area (Å²) in [5, 5.41) is 13.4. The van der Waals surface area contributed by atoms with Gasteiger partial charge in [0.25, 0.3) is 0 Å². The summed E-state index contributed by atoms with van der Waals surface area (Å²) in [5.74, 6) is 0.783. The third-order valence-electron chi connectivity index (χ3n) is 2.72. The molecule has 94 valence electrons. The van der Waals surface area contributed by atoms with Crippen LogP contribution < -0.4 is 16.0 Å². The normalized spacial score (nSPS) is 14.6. The van der Waals surface area contributed by atoms with Crippen molar-refractivity contribution in [3.05, 3.63) is 11.3 Å². The average molecular weight is 237 g/mol. The molecule has 1 aliphatic heterocycles. The minimum atomic E-state index is -0.184. The maximum Gasteiger partial charge on any atom is 0.320 e. The van der Waals surface area contributed by atoms with Gasteiger partial charge < -0.3 is 10.6 Å². The number of carbonyl (C=O) groups is 1. The van der Waals surface area contributed by atoms with Crippen molar-refractivity contribution in [2.75, 3.05) is 11.9 Å². The molecule has 0 aliphatic carbocycles. The largest absolute Gasteiger partial charge is 0.336 e. The predicted octanol–water partition coefficient (Wildman–Crippen LogP) is 0.596. The molecule has 0 atom stereocenters. The molecule has 1 aromatic rings. The first-order valence-corrected chi connectivity index (χ1v) is 5.91. The summed E-state index contributed by atoms with van der Waals surface area (Å²) in [6.07, 6.45) is 0.913. The Morgan fingerprint density at radius 3 is 3.00 bits per heavy atom. The molecule has 0 saturated heterocycles. The predicted molar refractivity (Wildman–Crippen MR) is 65.9 cm³/mol. The second-order valence-electron chi connectivity index (χ2n) is 4.58. The van der Waals surface area contributed by atoms with E-state index in [1.54, 1.807) is 4.68 Å². The molecule has 1 aromatic heterocycles. The molecule has 0 spiro atoms. The number of amides is 2. The Labute approximate surface area is 101 Å². The van der Waals surface area contributed by atoms with Crippen molar-refractivity contribution >= 4 is 11.8 Å². The first kappa shape index (κ1) is 11.9. The van der Waals surface area contributed by atoms with Gasteiger partial charge in [0.15, 0.2) is 0 Å². The van der Waals surface area contributed by atoms with Crippen LogP contribution in [0.1, 0.15) is 25.1 Å². The van der Waals surface area contributed by atoms with Crippen molar-refractivity contribution in [2.24, 2.45) is 7.05 Å². The number of rotatable bonds is 2. The Morgan fingerprint density at radius 1 is 1.53 bits per heavy atom. The molecule has 0 bridgehead atoms. The van der Waals surface area contributed by atoms with Crippen molar-refractivity contribution in [3.63, 3.8) is 0 Å². The number of nitrogens with zero attached hydrogens (tertiary/aromatic N) is 2. The molecule has 2 rings (SSSR count). The molecule has 0 aromatic carbocycles. The van der Waals surface area contributed by atoms with E-state index >= 15 is 0 Å². The molecule has 6 heteroatoms. The van der Waals surface area contributed by atoms with Gasteiger partial charge >= 0.3 is 6.03 Å². The number of fused-ring (bicyclic) bond motifs is 1. The monoisotopic (exact) mass is 237 g/mol. The number of hydrogen-bond acceptors (Lipinski definition) is 3. The average Bonchev–Trinajstić information content (AvgIpc) is 2.55. The van der Waals surface area contributed by atoms with Gasteiger partial charge in [-0.1, -0.05) is 0 Å². The smallest absolute Gasteiger partial charge is 0.320 e. The lowest BCUT2D eigenvalue weighted by molar-refractivity contribution is 0.249. The zero-order valence-electron chi connectivity index (χ0n) is 10.5. The lowest BCUT2D eigenvalue weighted by Gasteiger charge is -2.14. The van der Waals surface area contributed by atoms with E-state index in [9.17, 15) is 4.79 Å². The maximum absolute atomic E-state index is 11.7. The quantitative estimate of drug-likeness (QED) is 0.705. The van der Waals surface area contributed by atoms with E-state index in [4.69, 9.17) is 0 Å². The Hall–Kier alpha value is -1.56. The highest BCUT2D eigenvalue weighted by molar-refractivity contribution is 5.89. The topological polar surface area (TPSA) is 71.0 Å². The SMILES string of the molecule is CC(C)NC(=O)Nc1c2c(nn1C)CCNC2. The van der Waals surface area contributed by atoms with Crippen LogP contribution in [0.3, 0.4) is 0 Å². The Kier molecular flexibility index (Phi) is 3.33. The van der Waals surface area contributed by atoms with E-state index in [1.807, 2.05) is 20.9 Å². The molecular formula is C11H19N5O. The summed E-state index contributed by atoms with van der Waals surface area (Å²) < 4.78 is 1.73. The molecule has 0 unspecified atom stereocenters. The van der Waals surface area contributed by atoms with E-state index in [1.165, 1.54) is 0 Å². The lowest BCUT2D eigenvalue weighted by Crippen LogP contribution is -2.35. The highest BCUT2D eigenvalue weighted by Gasteiger charge is 2.20. The Morgan fingerprint density at radius 2 is 2.29 bits per heavy atom. The minimum Gasteiger partial charge on any atom is -0.336 e. The van der Waals surface area contributed by atoms with Crippen molar-refractivity contribution in [3.8, 4) is 0 Å². The number of aromatic nitrogens is 2. The minimum absolute atomic E-state index is 0.122. The maximum atomic E-state index is 11.7. The van der Waals surface area contributed by atoms with Gasteiger partial charge in [0.2, 0.25) is 0 Å². The standard InChI is InChI=1S/C11H19N5O/c1-7(2)13-11(17)14-10-8-6-12-5-4-9(8)15-16(10)3/h7,12H,4-6H2,1-3H3,(H2,13,14,17). The van der Waals surface area contributed by atoms with E-state index in [0.717, 1.165) is 36.6 Å². The zero-order valence-corrected chi connectivity index (χ0v) is 10.5. The van der Waals surface area contributed by atoms with Crippen LogP contribution in [0.5, 0.6) is 0 Å². The zero-order chi connectivity index (χ0) is 12.4. The van der Waals surface area contributed by atoms with Crippen molar-refractivity contribution in [1.29, 1.82) is 0 Å². The van der Waals surface area contributed by atoms with Crippen LogP contribution in [-0.4, -0.2) is 28.4 Å².